The Hall–Kier alpha value is -1.72. The van der Waals surface area contributed by atoms with E-state index in [-0.39, 0.29) is 0 Å². The maximum Gasteiger partial charge on any atom is 0.159 e. The Morgan fingerprint density at radius 3 is 2.67 bits per heavy atom. The van der Waals surface area contributed by atoms with Crippen molar-refractivity contribution >= 4 is 46.2 Å². The number of rotatable bonds is 4. The molecule has 3 N–H and O–H groups in total. The minimum absolute atomic E-state index is 0.476. The molecule has 24 heavy (non-hydrogen) atoms. The predicted octanol–water partition coefficient (Wildman–Crippen LogP) is 4.88. The van der Waals surface area contributed by atoms with Crippen molar-refractivity contribution in [2.45, 2.75) is 38.6 Å². The molecule has 1 aliphatic heterocycles. The molecular formula is C17H21Cl2N5. The SMILES string of the molecule is CCC1CCCCN1c1ncnc(Nc2cc(Cl)cc(Cl)c2)c1N. The lowest BCUT2D eigenvalue weighted by Gasteiger charge is -2.36. The molecule has 1 unspecified atom stereocenters. The van der Waals surface area contributed by atoms with Crippen LogP contribution >= 0.6 is 23.2 Å². The lowest BCUT2D eigenvalue weighted by molar-refractivity contribution is 0.447. The van der Waals surface area contributed by atoms with Crippen LogP contribution in [-0.2, 0) is 0 Å². The first-order valence-electron chi connectivity index (χ1n) is 8.18. The zero-order valence-electron chi connectivity index (χ0n) is 13.6. The second kappa shape index (κ2) is 7.45. The van der Waals surface area contributed by atoms with Crippen molar-refractivity contribution in [1.82, 2.24) is 9.97 Å². The maximum atomic E-state index is 6.36. The second-order valence-corrected chi connectivity index (χ2v) is 6.87. The molecule has 5 nitrogen and oxygen atoms in total. The van der Waals surface area contributed by atoms with E-state index in [0.717, 1.165) is 30.9 Å². The van der Waals surface area contributed by atoms with Crippen molar-refractivity contribution in [3.63, 3.8) is 0 Å². The minimum Gasteiger partial charge on any atom is -0.393 e. The van der Waals surface area contributed by atoms with Gasteiger partial charge in [-0.15, -0.1) is 0 Å². The molecular weight excluding hydrogens is 345 g/mol. The van der Waals surface area contributed by atoms with E-state index in [9.17, 15) is 0 Å². The van der Waals surface area contributed by atoms with Crippen LogP contribution in [-0.4, -0.2) is 22.6 Å². The average Bonchev–Trinajstić information content (AvgIpc) is 2.56. The molecule has 0 spiro atoms. The standard InChI is InChI=1S/C17H21Cl2N5/c1-2-14-5-3-4-6-24(14)17-15(20)16(21-10-22-17)23-13-8-11(18)7-12(19)9-13/h7-10,14H,2-6,20H2,1H3,(H,21,22,23). The quantitative estimate of drug-likeness (QED) is 0.807. The third kappa shape index (κ3) is 3.68. The highest BCUT2D eigenvalue weighted by atomic mass is 35.5. The van der Waals surface area contributed by atoms with E-state index in [1.165, 1.54) is 12.8 Å². The molecule has 0 amide bonds. The number of nitrogens with zero attached hydrogens (tertiary/aromatic N) is 3. The number of nitrogens with two attached hydrogens (primary N) is 1. The van der Waals surface area contributed by atoms with Gasteiger partial charge in [-0.3, -0.25) is 0 Å². The van der Waals surface area contributed by atoms with Crippen LogP contribution in [0.3, 0.4) is 0 Å². The number of aromatic nitrogens is 2. The number of halogens is 2. The fourth-order valence-corrected chi connectivity index (χ4v) is 3.71. The number of piperidine rings is 1. The predicted molar refractivity (Wildman–Crippen MR) is 101 cm³/mol. The highest BCUT2D eigenvalue weighted by Crippen LogP contribution is 2.34. The number of hydrogen-bond donors (Lipinski definition) is 2. The van der Waals surface area contributed by atoms with E-state index in [4.69, 9.17) is 28.9 Å². The fraction of sp³-hybridized carbons (Fsp3) is 0.412. The Balaban J connectivity index is 1.90. The zero-order chi connectivity index (χ0) is 17.1. The molecule has 0 aliphatic carbocycles. The summed E-state index contributed by atoms with van der Waals surface area (Å²) in [5, 5.41) is 4.31. The molecule has 0 bridgehead atoms. The summed E-state index contributed by atoms with van der Waals surface area (Å²) in [6.45, 7) is 3.18. The largest absolute Gasteiger partial charge is 0.393 e. The zero-order valence-corrected chi connectivity index (χ0v) is 15.1. The highest BCUT2D eigenvalue weighted by molar-refractivity contribution is 6.35. The van der Waals surface area contributed by atoms with E-state index in [0.29, 0.717) is 27.6 Å². The van der Waals surface area contributed by atoms with Gasteiger partial charge in [-0.25, -0.2) is 9.97 Å². The monoisotopic (exact) mass is 365 g/mol. The summed E-state index contributed by atoms with van der Waals surface area (Å²) in [6, 6.07) is 5.72. The van der Waals surface area contributed by atoms with Crippen molar-refractivity contribution in [3.05, 3.63) is 34.6 Å². The molecule has 3 rings (SSSR count). The van der Waals surface area contributed by atoms with Crippen LogP contribution in [0.15, 0.2) is 24.5 Å². The van der Waals surface area contributed by atoms with Gasteiger partial charge in [0.25, 0.3) is 0 Å². The van der Waals surface area contributed by atoms with Crippen LogP contribution in [0.1, 0.15) is 32.6 Å². The second-order valence-electron chi connectivity index (χ2n) is 5.99. The Morgan fingerprint density at radius 1 is 1.21 bits per heavy atom. The van der Waals surface area contributed by atoms with E-state index in [2.05, 4.69) is 27.1 Å². The van der Waals surface area contributed by atoms with Crippen LogP contribution in [0.4, 0.5) is 23.0 Å². The van der Waals surface area contributed by atoms with Crippen LogP contribution in [0, 0.1) is 0 Å². The summed E-state index contributed by atoms with van der Waals surface area (Å²) < 4.78 is 0. The van der Waals surface area contributed by atoms with E-state index in [1.807, 2.05) is 0 Å². The summed E-state index contributed by atoms with van der Waals surface area (Å²) >= 11 is 12.1. The summed E-state index contributed by atoms with van der Waals surface area (Å²) in [4.78, 5) is 11.0. The summed E-state index contributed by atoms with van der Waals surface area (Å²) in [6.07, 6.45) is 6.21. The van der Waals surface area contributed by atoms with Gasteiger partial charge < -0.3 is 16.0 Å². The van der Waals surface area contributed by atoms with E-state index < -0.39 is 0 Å². The first-order valence-corrected chi connectivity index (χ1v) is 8.94. The lowest BCUT2D eigenvalue weighted by Crippen LogP contribution is -2.40. The van der Waals surface area contributed by atoms with Gasteiger partial charge in [0.1, 0.15) is 12.0 Å². The molecule has 1 saturated heterocycles. The van der Waals surface area contributed by atoms with Crippen LogP contribution < -0.4 is 16.0 Å². The fourth-order valence-electron chi connectivity index (χ4n) is 3.18. The lowest BCUT2D eigenvalue weighted by atomic mass is 10.00. The molecule has 2 aromatic rings. The number of anilines is 4. The molecule has 0 radical (unpaired) electrons. The molecule has 1 aliphatic rings. The molecule has 1 atom stereocenters. The molecule has 1 fully saturated rings. The summed E-state index contributed by atoms with van der Waals surface area (Å²) in [5.74, 6) is 1.37. The van der Waals surface area contributed by atoms with Crippen LogP contribution in [0.2, 0.25) is 10.0 Å². The number of nitrogen functional groups attached to an aromatic ring is 1. The molecule has 2 heterocycles. The van der Waals surface area contributed by atoms with Crippen molar-refractivity contribution in [2.24, 2.45) is 0 Å². The first kappa shape index (κ1) is 17.1. The molecule has 7 heteroatoms. The smallest absolute Gasteiger partial charge is 0.159 e. The van der Waals surface area contributed by atoms with Gasteiger partial charge in [0.15, 0.2) is 11.6 Å². The number of benzene rings is 1. The Kier molecular flexibility index (Phi) is 5.31. The van der Waals surface area contributed by atoms with Gasteiger partial charge in [0.2, 0.25) is 0 Å². The normalized spacial score (nSPS) is 17.8. The number of hydrogen-bond acceptors (Lipinski definition) is 5. The van der Waals surface area contributed by atoms with E-state index in [1.54, 1.807) is 24.5 Å². The van der Waals surface area contributed by atoms with Crippen molar-refractivity contribution in [3.8, 4) is 0 Å². The molecule has 1 aromatic carbocycles. The Morgan fingerprint density at radius 2 is 1.96 bits per heavy atom. The van der Waals surface area contributed by atoms with Gasteiger partial charge >= 0.3 is 0 Å². The van der Waals surface area contributed by atoms with Crippen molar-refractivity contribution in [2.75, 3.05) is 22.5 Å². The Bertz CT molecular complexity index is 702. The van der Waals surface area contributed by atoms with Gasteiger partial charge in [-0.05, 0) is 43.9 Å². The molecule has 128 valence electrons. The Labute approximate surface area is 152 Å². The van der Waals surface area contributed by atoms with Gasteiger partial charge in [-0.1, -0.05) is 30.1 Å². The van der Waals surface area contributed by atoms with Crippen molar-refractivity contribution in [1.29, 1.82) is 0 Å². The topological polar surface area (TPSA) is 67.1 Å². The number of nitrogens with one attached hydrogen (secondary N) is 1. The third-order valence-electron chi connectivity index (χ3n) is 4.36. The van der Waals surface area contributed by atoms with E-state index >= 15 is 0 Å². The van der Waals surface area contributed by atoms with Crippen LogP contribution in [0.25, 0.3) is 0 Å². The minimum atomic E-state index is 0.476. The molecule has 1 aromatic heterocycles. The van der Waals surface area contributed by atoms with Crippen LogP contribution in [0.5, 0.6) is 0 Å². The summed E-state index contributed by atoms with van der Waals surface area (Å²) in [7, 11) is 0. The summed E-state index contributed by atoms with van der Waals surface area (Å²) in [5.41, 5.74) is 7.65. The third-order valence-corrected chi connectivity index (χ3v) is 4.80. The average molecular weight is 366 g/mol. The highest BCUT2D eigenvalue weighted by Gasteiger charge is 2.25. The van der Waals surface area contributed by atoms with Gasteiger partial charge in [0, 0.05) is 28.3 Å². The molecule has 0 saturated carbocycles. The first-order chi connectivity index (χ1) is 11.6. The van der Waals surface area contributed by atoms with Gasteiger partial charge in [0.05, 0.1) is 0 Å². The van der Waals surface area contributed by atoms with Crippen molar-refractivity contribution < 1.29 is 0 Å². The van der Waals surface area contributed by atoms with Gasteiger partial charge in [-0.2, -0.15) is 0 Å². The maximum absolute atomic E-state index is 6.36.